The van der Waals surface area contributed by atoms with Crippen molar-refractivity contribution in [3.63, 3.8) is 0 Å². The monoisotopic (exact) mass is 402 g/mol. The van der Waals surface area contributed by atoms with E-state index in [-0.39, 0.29) is 16.3 Å². The van der Waals surface area contributed by atoms with Gasteiger partial charge in [-0.25, -0.2) is 13.8 Å². The Balaban J connectivity index is 1.87. The van der Waals surface area contributed by atoms with Crippen LogP contribution in [0.4, 0.5) is 27.6 Å². The largest absolute Gasteiger partial charge is 0.418 e. The minimum absolute atomic E-state index is 0.0623. The number of para-hydroxylation sites is 1. The first-order valence-corrected chi connectivity index (χ1v) is 8.30. The fourth-order valence-electron chi connectivity index (χ4n) is 2.36. The molecular formula is C16H11F5N4OS. The lowest BCUT2D eigenvalue weighted by atomic mass is 10.1. The van der Waals surface area contributed by atoms with Gasteiger partial charge >= 0.3 is 6.18 Å². The number of amides is 1. The molecule has 0 saturated heterocycles. The van der Waals surface area contributed by atoms with E-state index in [1.807, 2.05) is 0 Å². The standard InChI is InChI=1S/C16H11F5N4OS/c1-25-6-8(12(24-25)13(17)18)15-23-11(7-27-15)14(26)22-10-5-3-2-4-9(10)16(19,20)21/h2-7,13H,1H3,(H,22,26). The van der Waals surface area contributed by atoms with Crippen molar-refractivity contribution in [2.45, 2.75) is 12.6 Å². The summed E-state index contributed by atoms with van der Waals surface area (Å²) in [6, 6.07) is 4.51. The van der Waals surface area contributed by atoms with Crippen LogP contribution in [0.2, 0.25) is 0 Å². The summed E-state index contributed by atoms with van der Waals surface area (Å²) in [6.45, 7) is 0. The van der Waals surface area contributed by atoms with Gasteiger partial charge in [-0.15, -0.1) is 11.3 Å². The molecule has 0 unspecified atom stereocenters. The lowest BCUT2D eigenvalue weighted by Gasteiger charge is -2.12. The summed E-state index contributed by atoms with van der Waals surface area (Å²) in [4.78, 5) is 16.2. The van der Waals surface area contributed by atoms with Crippen molar-refractivity contribution < 1.29 is 26.7 Å². The summed E-state index contributed by atoms with van der Waals surface area (Å²) < 4.78 is 66.3. The zero-order chi connectivity index (χ0) is 19.8. The van der Waals surface area contributed by atoms with Crippen molar-refractivity contribution >= 4 is 22.9 Å². The predicted octanol–water partition coefficient (Wildman–Crippen LogP) is 4.75. The van der Waals surface area contributed by atoms with Crippen LogP contribution in [0.3, 0.4) is 0 Å². The molecule has 2 aromatic heterocycles. The first-order chi connectivity index (χ1) is 12.7. The van der Waals surface area contributed by atoms with Crippen LogP contribution in [0.25, 0.3) is 10.6 Å². The Labute approximate surface area is 153 Å². The SMILES string of the molecule is Cn1cc(-c2nc(C(=O)Nc3ccccc3C(F)(F)F)cs2)c(C(F)F)n1. The van der Waals surface area contributed by atoms with Gasteiger partial charge in [0.05, 0.1) is 16.8 Å². The molecule has 11 heteroatoms. The van der Waals surface area contributed by atoms with Crippen molar-refractivity contribution in [3.05, 3.63) is 52.8 Å². The number of halogens is 5. The smallest absolute Gasteiger partial charge is 0.320 e. The summed E-state index contributed by atoms with van der Waals surface area (Å²) in [5.74, 6) is -0.878. The van der Waals surface area contributed by atoms with Crippen LogP contribution < -0.4 is 5.32 Å². The van der Waals surface area contributed by atoms with Gasteiger partial charge in [-0.05, 0) is 12.1 Å². The average molecular weight is 402 g/mol. The third-order valence-corrected chi connectivity index (χ3v) is 4.39. The number of alkyl halides is 5. The molecule has 142 valence electrons. The highest BCUT2D eigenvalue weighted by atomic mass is 32.1. The number of carbonyl (C=O) groups excluding carboxylic acids is 1. The van der Waals surface area contributed by atoms with Crippen LogP contribution in [0.15, 0.2) is 35.8 Å². The zero-order valence-electron chi connectivity index (χ0n) is 13.6. The van der Waals surface area contributed by atoms with Gasteiger partial charge in [0.1, 0.15) is 16.4 Å². The Hall–Kier alpha value is -2.82. The highest BCUT2D eigenvalue weighted by Crippen LogP contribution is 2.35. The molecule has 27 heavy (non-hydrogen) atoms. The van der Waals surface area contributed by atoms with Gasteiger partial charge in [0.15, 0.2) is 0 Å². The molecule has 2 heterocycles. The molecule has 0 bridgehead atoms. The Morgan fingerprint density at radius 1 is 1.26 bits per heavy atom. The number of hydrogen-bond acceptors (Lipinski definition) is 4. The van der Waals surface area contributed by atoms with E-state index in [1.165, 1.54) is 35.4 Å². The van der Waals surface area contributed by atoms with Gasteiger partial charge in [0.2, 0.25) is 0 Å². The molecule has 0 aliphatic rings. The van der Waals surface area contributed by atoms with E-state index in [0.717, 1.165) is 23.5 Å². The molecule has 0 spiro atoms. The van der Waals surface area contributed by atoms with E-state index in [0.29, 0.717) is 0 Å². The minimum atomic E-state index is -4.64. The lowest BCUT2D eigenvalue weighted by molar-refractivity contribution is -0.136. The van der Waals surface area contributed by atoms with Crippen LogP contribution >= 0.6 is 11.3 Å². The molecule has 0 fully saturated rings. The van der Waals surface area contributed by atoms with Crippen molar-refractivity contribution in [3.8, 4) is 10.6 Å². The molecule has 3 aromatic rings. The molecular weight excluding hydrogens is 391 g/mol. The van der Waals surface area contributed by atoms with Gasteiger partial charge in [-0.2, -0.15) is 18.3 Å². The number of carbonyl (C=O) groups is 1. The van der Waals surface area contributed by atoms with E-state index in [9.17, 15) is 26.7 Å². The second kappa shape index (κ2) is 7.06. The van der Waals surface area contributed by atoms with Crippen LogP contribution in [0.5, 0.6) is 0 Å². The van der Waals surface area contributed by atoms with Crippen molar-refractivity contribution in [1.82, 2.24) is 14.8 Å². The van der Waals surface area contributed by atoms with Crippen molar-refractivity contribution in [2.24, 2.45) is 7.05 Å². The second-order valence-corrected chi connectivity index (χ2v) is 6.30. The molecule has 0 aliphatic heterocycles. The first-order valence-electron chi connectivity index (χ1n) is 7.42. The van der Waals surface area contributed by atoms with Crippen LogP contribution in [0.1, 0.15) is 28.2 Å². The quantitative estimate of drug-likeness (QED) is 0.641. The van der Waals surface area contributed by atoms with Gasteiger partial charge < -0.3 is 5.32 Å². The molecule has 0 atom stereocenters. The van der Waals surface area contributed by atoms with Gasteiger partial charge in [-0.3, -0.25) is 9.48 Å². The highest BCUT2D eigenvalue weighted by molar-refractivity contribution is 7.13. The molecule has 0 aliphatic carbocycles. The Kier molecular flexibility index (Phi) is 4.96. The summed E-state index contributed by atoms with van der Waals surface area (Å²) in [6.07, 6.45) is -6.14. The number of nitrogens with zero attached hydrogens (tertiary/aromatic N) is 3. The van der Waals surface area contributed by atoms with E-state index in [1.54, 1.807) is 0 Å². The van der Waals surface area contributed by atoms with Gasteiger partial charge in [0, 0.05) is 18.6 Å². The molecule has 1 aromatic carbocycles. The van der Waals surface area contributed by atoms with Crippen molar-refractivity contribution in [1.29, 1.82) is 0 Å². The van der Waals surface area contributed by atoms with E-state index in [4.69, 9.17) is 0 Å². The molecule has 3 rings (SSSR count). The average Bonchev–Trinajstić information content (AvgIpc) is 3.20. The Bertz CT molecular complexity index is 979. The van der Waals surface area contributed by atoms with Crippen molar-refractivity contribution in [2.75, 3.05) is 5.32 Å². The van der Waals surface area contributed by atoms with Gasteiger partial charge in [-0.1, -0.05) is 12.1 Å². The fourth-order valence-corrected chi connectivity index (χ4v) is 3.18. The molecule has 1 amide bonds. The third-order valence-electron chi connectivity index (χ3n) is 3.51. The molecule has 0 radical (unpaired) electrons. The number of anilines is 1. The number of thiazole rings is 1. The maximum atomic E-state index is 13.1. The van der Waals surface area contributed by atoms with Crippen LogP contribution in [0, 0.1) is 0 Å². The number of nitrogens with one attached hydrogen (secondary N) is 1. The predicted molar refractivity (Wildman–Crippen MR) is 88.7 cm³/mol. The first kappa shape index (κ1) is 19.0. The number of rotatable bonds is 4. The maximum Gasteiger partial charge on any atom is 0.418 e. The van der Waals surface area contributed by atoms with E-state index >= 15 is 0 Å². The summed E-state index contributed by atoms with van der Waals surface area (Å²) in [5.41, 5.74) is -2.02. The lowest BCUT2D eigenvalue weighted by Crippen LogP contribution is -2.16. The van der Waals surface area contributed by atoms with Gasteiger partial charge in [0.25, 0.3) is 12.3 Å². The van der Waals surface area contributed by atoms with Crippen LogP contribution in [-0.4, -0.2) is 20.7 Å². The fraction of sp³-hybridized carbons (Fsp3) is 0.188. The summed E-state index contributed by atoms with van der Waals surface area (Å²) >= 11 is 0.915. The topological polar surface area (TPSA) is 59.8 Å². The third kappa shape index (κ3) is 3.97. The normalized spacial score (nSPS) is 11.8. The molecule has 5 nitrogen and oxygen atoms in total. The Morgan fingerprint density at radius 2 is 1.96 bits per heavy atom. The maximum absolute atomic E-state index is 13.1. The summed E-state index contributed by atoms with van der Waals surface area (Å²) in [5, 5.41) is 7.21. The molecule has 1 N–H and O–H groups in total. The van der Waals surface area contributed by atoms with E-state index < -0.39 is 35.5 Å². The number of aromatic nitrogens is 3. The number of aryl methyl sites for hydroxylation is 1. The van der Waals surface area contributed by atoms with E-state index in [2.05, 4.69) is 15.4 Å². The van der Waals surface area contributed by atoms with Crippen LogP contribution in [-0.2, 0) is 13.2 Å². The minimum Gasteiger partial charge on any atom is -0.320 e. The highest BCUT2D eigenvalue weighted by Gasteiger charge is 2.33. The summed E-state index contributed by atoms with van der Waals surface area (Å²) in [7, 11) is 1.46. The Morgan fingerprint density at radius 3 is 2.63 bits per heavy atom. The number of benzene rings is 1. The second-order valence-electron chi connectivity index (χ2n) is 5.44. The molecule has 0 saturated carbocycles. The number of hydrogen-bond donors (Lipinski definition) is 1. The zero-order valence-corrected chi connectivity index (χ0v) is 14.4.